The van der Waals surface area contributed by atoms with Gasteiger partial charge in [0.2, 0.25) is 0 Å². The first kappa shape index (κ1) is 13.5. The van der Waals surface area contributed by atoms with Gasteiger partial charge in [-0.3, -0.25) is 9.59 Å². The monoisotopic (exact) mass is 280 g/mol. The highest BCUT2D eigenvalue weighted by atomic mass is 35.5. The minimum atomic E-state index is -0.912. The molecule has 1 aliphatic heterocycles. The molecule has 1 N–H and O–H groups in total. The molecule has 19 heavy (non-hydrogen) atoms. The van der Waals surface area contributed by atoms with E-state index in [9.17, 15) is 9.59 Å². The van der Waals surface area contributed by atoms with Crippen molar-refractivity contribution in [2.75, 3.05) is 5.01 Å². The highest BCUT2D eigenvalue weighted by molar-refractivity contribution is 6.30. The van der Waals surface area contributed by atoms with Gasteiger partial charge in [0, 0.05) is 17.2 Å². The van der Waals surface area contributed by atoms with Crippen LogP contribution in [0.15, 0.2) is 29.4 Å². The van der Waals surface area contributed by atoms with Crippen LogP contribution in [0.3, 0.4) is 0 Å². The zero-order valence-corrected chi connectivity index (χ0v) is 11.1. The summed E-state index contributed by atoms with van der Waals surface area (Å²) in [6.07, 6.45) is 0.227. The van der Waals surface area contributed by atoms with E-state index in [1.807, 2.05) is 0 Å². The van der Waals surface area contributed by atoms with Crippen molar-refractivity contribution >= 4 is 34.9 Å². The summed E-state index contributed by atoms with van der Waals surface area (Å²) in [6, 6.07) is 6.77. The Hall–Kier alpha value is -1.88. The second-order valence-corrected chi connectivity index (χ2v) is 4.79. The molecular formula is C13H13ClN2O3. The van der Waals surface area contributed by atoms with Gasteiger partial charge in [-0.05, 0) is 37.6 Å². The summed E-state index contributed by atoms with van der Waals surface area (Å²) >= 11 is 5.79. The third-order valence-electron chi connectivity index (χ3n) is 2.99. The lowest BCUT2D eigenvalue weighted by molar-refractivity contribution is -0.137. The first-order valence-electron chi connectivity index (χ1n) is 5.85. The molecule has 0 radical (unpaired) electrons. The van der Waals surface area contributed by atoms with Crippen LogP contribution >= 0.6 is 11.6 Å². The minimum Gasteiger partial charge on any atom is -0.481 e. The quantitative estimate of drug-likeness (QED) is 0.921. The first-order valence-corrected chi connectivity index (χ1v) is 6.23. The maximum absolute atomic E-state index is 12.2. The summed E-state index contributed by atoms with van der Waals surface area (Å²) in [5, 5.41) is 14.8. The molecule has 0 unspecified atom stereocenters. The number of anilines is 1. The molecule has 0 aromatic heterocycles. The van der Waals surface area contributed by atoms with Gasteiger partial charge in [-0.25, -0.2) is 5.01 Å². The van der Waals surface area contributed by atoms with Gasteiger partial charge >= 0.3 is 5.97 Å². The van der Waals surface area contributed by atoms with Crippen LogP contribution in [0, 0.1) is 5.92 Å². The largest absolute Gasteiger partial charge is 0.481 e. The second kappa shape index (κ2) is 5.40. The number of nitrogens with zero attached hydrogens (tertiary/aromatic N) is 2. The maximum atomic E-state index is 12.2. The van der Waals surface area contributed by atoms with Crippen molar-refractivity contribution in [3.63, 3.8) is 0 Å². The number of hydrogen-bond donors (Lipinski definition) is 1. The number of carbonyl (C=O) groups excluding carboxylic acids is 1. The zero-order valence-electron chi connectivity index (χ0n) is 10.3. The van der Waals surface area contributed by atoms with Crippen molar-refractivity contribution in [1.82, 2.24) is 0 Å². The third-order valence-corrected chi connectivity index (χ3v) is 3.24. The molecule has 5 nitrogen and oxygen atoms in total. The lowest BCUT2D eigenvalue weighted by atomic mass is 9.98. The van der Waals surface area contributed by atoms with Crippen molar-refractivity contribution in [3.8, 4) is 0 Å². The molecule has 0 spiro atoms. The molecule has 0 fully saturated rings. The Labute approximate surface area is 115 Å². The van der Waals surface area contributed by atoms with Crippen LogP contribution in [-0.2, 0) is 9.59 Å². The van der Waals surface area contributed by atoms with E-state index in [1.54, 1.807) is 31.2 Å². The molecule has 1 aromatic carbocycles. The number of rotatable bonds is 4. The van der Waals surface area contributed by atoms with Gasteiger partial charge in [0.15, 0.2) is 0 Å². The number of carboxylic acid groups (broad SMARTS) is 1. The fourth-order valence-corrected chi connectivity index (χ4v) is 2.10. The van der Waals surface area contributed by atoms with Gasteiger partial charge in [0.25, 0.3) is 5.91 Å². The van der Waals surface area contributed by atoms with Gasteiger partial charge in [-0.15, -0.1) is 0 Å². The molecule has 1 heterocycles. The average molecular weight is 281 g/mol. The van der Waals surface area contributed by atoms with Crippen LogP contribution in [-0.4, -0.2) is 22.7 Å². The molecule has 1 amide bonds. The SMILES string of the molecule is CC1=NN(c2ccc(Cl)cc2)C(=O)[C@@H]1CCC(=O)O. The normalized spacial score (nSPS) is 18.6. The number of hydrogen-bond acceptors (Lipinski definition) is 3. The summed E-state index contributed by atoms with van der Waals surface area (Å²) in [7, 11) is 0. The Morgan fingerprint density at radius 1 is 1.42 bits per heavy atom. The van der Waals surface area contributed by atoms with E-state index in [0.29, 0.717) is 16.4 Å². The molecule has 0 saturated heterocycles. The van der Waals surface area contributed by atoms with E-state index >= 15 is 0 Å². The summed E-state index contributed by atoms with van der Waals surface area (Å²) < 4.78 is 0. The van der Waals surface area contributed by atoms with Crippen molar-refractivity contribution in [1.29, 1.82) is 0 Å². The summed E-state index contributed by atoms with van der Waals surface area (Å²) in [4.78, 5) is 22.8. The number of carboxylic acids is 1. The van der Waals surface area contributed by atoms with Crippen LogP contribution in [0.4, 0.5) is 5.69 Å². The molecule has 2 rings (SSSR count). The van der Waals surface area contributed by atoms with Crippen molar-refractivity contribution in [2.24, 2.45) is 11.0 Å². The minimum absolute atomic E-state index is 0.0439. The Morgan fingerprint density at radius 3 is 2.63 bits per heavy atom. The van der Waals surface area contributed by atoms with Gasteiger partial charge in [-0.2, -0.15) is 5.10 Å². The lowest BCUT2D eigenvalue weighted by Crippen LogP contribution is -2.27. The molecule has 1 aliphatic rings. The number of benzene rings is 1. The van der Waals surface area contributed by atoms with Crippen molar-refractivity contribution in [2.45, 2.75) is 19.8 Å². The average Bonchev–Trinajstić information content (AvgIpc) is 2.63. The van der Waals surface area contributed by atoms with E-state index in [1.165, 1.54) is 5.01 Å². The number of hydrazone groups is 1. The van der Waals surface area contributed by atoms with Crippen LogP contribution in [0.25, 0.3) is 0 Å². The van der Waals surface area contributed by atoms with Gasteiger partial charge in [0.1, 0.15) is 0 Å². The van der Waals surface area contributed by atoms with E-state index in [0.717, 1.165) is 0 Å². The molecule has 0 bridgehead atoms. The van der Waals surface area contributed by atoms with Gasteiger partial charge < -0.3 is 5.11 Å². The molecule has 0 aliphatic carbocycles. The molecular weight excluding hydrogens is 268 g/mol. The molecule has 6 heteroatoms. The predicted octanol–water partition coefficient (Wildman–Crippen LogP) is 2.54. The van der Waals surface area contributed by atoms with Crippen molar-refractivity contribution < 1.29 is 14.7 Å². The fraction of sp³-hybridized carbons (Fsp3) is 0.308. The maximum Gasteiger partial charge on any atom is 0.303 e. The van der Waals surface area contributed by atoms with E-state index in [-0.39, 0.29) is 18.7 Å². The zero-order chi connectivity index (χ0) is 14.0. The number of amides is 1. The first-order chi connectivity index (χ1) is 8.99. The van der Waals surface area contributed by atoms with Crippen molar-refractivity contribution in [3.05, 3.63) is 29.3 Å². The fourth-order valence-electron chi connectivity index (χ4n) is 1.97. The highest BCUT2D eigenvalue weighted by Gasteiger charge is 2.34. The smallest absolute Gasteiger partial charge is 0.303 e. The van der Waals surface area contributed by atoms with Crippen LogP contribution in [0.5, 0.6) is 0 Å². The Morgan fingerprint density at radius 2 is 2.05 bits per heavy atom. The Balaban J connectivity index is 2.15. The van der Waals surface area contributed by atoms with Crippen LogP contribution in [0.1, 0.15) is 19.8 Å². The number of aliphatic carboxylic acids is 1. The standard InChI is InChI=1S/C13H13ClN2O3/c1-8-11(6-7-12(17)18)13(19)16(15-8)10-4-2-9(14)3-5-10/h2-5,11H,6-7H2,1H3,(H,17,18)/t11-/m1/s1. The Bertz CT molecular complexity index is 539. The van der Waals surface area contributed by atoms with Crippen LogP contribution < -0.4 is 5.01 Å². The van der Waals surface area contributed by atoms with E-state index < -0.39 is 11.9 Å². The Kier molecular flexibility index (Phi) is 3.85. The number of halogens is 1. The van der Waals surface area contributed by atoms with E-state index in [2.05, 4.69) is 5.10 Å². The summed E-state index contributed by atoms with van der Waals surface area (Å²) in [5.41, 5.74) is 1.27. The molecule has 0 saturated carbocycles. The van der Waals surface area contributed by atoms with Crippen LogP contribution in [0.2, 0.25) is 5.02 Å². The summed E-state index contributed by atoms with van der Waals surface area (Å²) in [6.45, 7) is 1.74. The molecule has 1 aromatic rings. The van der Waals surface area contributed by atoms with E-state index in [4.69, 9.17) is 16.7 Å². The third kappa shape index (κ3) is 2.93. The predicted molar refractivity (Wildman–Crippen MR) is 72.4 cm³/mol. The van der Waals surface area contributed by atoms with Gasteiger partial charge in [0.05, 0.1) is 11.6 Å². The highest BCUT2D eigenvalue weighted by Crippen LogP contribution is 2.27. The summed E-state index contributed by atoms with van der Waals surface area (Å²) in [5.74, 6) is -1.56. The molecule has 100 valence electrons. The lowest BCUT2D eigenvalue weighted by Gasteiger charge is -2.13. The molecule has 1 atom stereocenters. The van der Waals surface area contributed by atoms with Gasteiger partial charge in [-0.1, -0.05) is 11.6 Å². The second-order valence-electron chi connectivity index (χ2n) is 4.35. The topological polar surface area (TPSA) is 70.0 Å². The number of carbonyl (C=O) groups is 2.